The lowest BCUT2D eigenvalue weighted by Gasteiger charge is -2.22. The van der Waals surface area contributed by atoms with E-state index in [1.165, 1.54) is 19.8 Å². The third-order valence-electron chi connectivity index (χ3n) is 3.79. The second-order valence-corrected chi connectivity index (χ2v) is 7.25. The Labute approximate surface area is 144 Å². The first-order valence-corrected chi connectivity index (χ1v) is 8.66. The first kappa shape index (κ1) is 20.4. The van der Waals surface area contributed by atoms with Crippen LogP contribution in [-0.4, -0.2) is 60.5 Å². The average Bonchev–Trinajstić information content (AvgIpc) is 2.94. The number of hydrogen-bond acceptors (Lipinski definition) is 5. The average molecular weight is 341 g/mol. The van der Waals surface area contributed by atoms with Gasteiger partial charge in [0.2, 0.25) is 5.91 Å². The number of nitrogens with zero attached hydrogens (tertiary/aromatic N) is 1. The van der Waals surface area contributed by atoms with Crippen LogP contribution < -0.4 is 10.6 Å². The van der Waals surface area contributed by atoms with Crippen molar-refractivity contribution in [3.8, 4) is 0 Å². The molecule has 0 spiro atoms. The zero-order valence-corrected chi connectivity index (χ0v) is 15.3. The lowest BCUT2D eigenvalue weighted by Crippen LogP contribution is -2.43. The van der Waals surface area contributed by atoms with E-state index in [-0.39, 0.29) is 24.5 Å². The standard InChI is InChI=1S/C17H31N3O4/c1-13(21)14(19-16(23)24-17(2,3)4)7-8-15(22)18-9-12-20-10-5-6-11-20/h14H,5-12H2,1-4H3,(H,18,22)(H,19,23)/t14-/m0/s1. The number of carbonyl (C=O) groups excluding carboxylic acids is 3. The quantitative estimate of drug-likeness (QED) is 0.698. The van der Waals surface area contributed by atoms with Gasteiger partial charge in [-0.05, 0) is 60.0 Å². The van der Waals surface area contributed by atoms with Crippen molar-refractivity contribution < 1.29 is 19.1 Å². The van der Waals surface area contributed by atoms with E-state index in [1.54, 1.807) is 20.8 Å². The van der Waals surface area contributed by atoms with Crippen molar-refractivity contribution in [2.24, 2.45) is 0 Å². The van der Waals surface area contributed by atoms with Crippen LogP contribution >= 0.6 is 0 Å². The highest BCUT2D eigenvalue weighted by Crippen LogP contribution is 2.08. The molecular weight excluding hydrogens is 310 g/mol. The van der Waals surface area contributed by atoms with E-state index in [4.69, 9.17) is 4.74 Å². The van der Waals surface area contributed by atoms with Gasteiger partial charge in [0, 0.05) is 19.5 Å². The molecule has 0 aromatic rings. The number of hydrogen-bond donors (Lipinski definition) is 2. The number of nitrogens with one attached hydrogen (secondary N) is 2. The summed E-state index contributed by atoms with van der Waals surface area (Å²) in [6.07, 6.45) is 2.27. The Kier molecular flexibility index (Phi) is 8.18. The third kappa shape index (κ3) is 8.86. The Bertz CT molecular complexity index is 440. The lowest BCUT2D eigenvalue weighted by molar-refractivity contribution is -0.122. The Morgan fingerprint density at radius 1 is 1.17 bits per heavy atom. The Morgan fingerprint density at radius 2 is 1.79 bits per heavy atom. The second kappa shape index (κ2) is 9.61. The minimum atomic E-state index is -0.704. The van der Waals surface area contributed by atoms with Gasteiger partial charge in [-0.1, -0.05) is 0 Å². The molecule has 1 heterocycles. The largest absolute Gasteiger partial charge is 0.444 e. The fourth-order valence-electron chi connectivity index (χ4n) is 2.55. The molecular formula is C17H31N3O4. The van der Waals surface area contributed by atoms with E-state index in [0.717, 1.165) is 19.6 Å². The number of Topliss-reactive ketones (excluding diaryl/α,β-unsaturated/α-hetero) is 1. The summed E-state index contributed by atoms with van der Waals surface area (Å²) in [5.41, 5.74) is -0.627. The molecule has 2 N–H and O–H groups in total. The Morgan fingerprint density at radius 3 is 2.33 bits per heavy atom. The highest BCUT2D eigenvalue weighted by Gasteiger charge is 2.22. The van der Waals surface area contributed by atoms with Crippen molar-refractivity contribution in [3.63, 3.8) is 0 Å². The first-order chi connectivity index (χ1) is 11.2. The van der Waals surface area contributed by atoms with Crippen LogP contribution in [0.15, 0.2) is 0 Å². The summed E-state index contributed by atoms with van der Waals surface area (Å²) in [6, 6.07) is -0.704. The van der Waals surface area contributed by atoms with E-state index in [1.807, 2.05) is 0 Å². The summed E-state index contributed by atoms with van der Waals surface area (Å²) in [5, 5.41) is 5.39. The van der Waals surface area contributed by atoms with Crippen molar-refractivity contribution >= 4 is 17.8 Å². The molecule has 0 aromatic carbocycles. The fourth-order valence-corrected chi connectivity index (χ4v) is 2.55. The van der Waals surface area contributed by atoms with Crippen molar-refractivity contribution in [3.05, 3.63) is 0 Å². The Hall–Kier alpha value is -1.63. The molecule has 1 fully saturated rings. The number of carbonyl (C=O) groups is 3. The monoisotopic (exact) mass is 341 g/mol. The van der Waals surface area contributed by atoms with Gasteiger partial charge < -0.3 is 20.3 Å². The van der Waals surface area contributed by atoms with E-state index >= 15 is 0 Å². The molecule has 1 aliphatic rings. The number of likely N-dealkylation sites (tertiary alicyclic amines) is 1. The van der Waals surface area contributed by atoms with Gasteiger partial charge in [-0.15, -0.1) is 0 Å². The maximum absolute atomic E-state index is 11.9. The molecule has 0 aromatic heterocycles. The molecule has 0 radical (unpaired) electrons. The molecule has 138 valence electrons. The minimum Gasteiger partial charge on any atom is -0.444 e. The van der Waals surface area contributed by atoms with Crippen molar-refractivity contribution in [2.75, 3.05) is 26.2 Å². The van der Waals surface area contributed by atoms with Gasteiger partial charge in [0.15, 0.2) is 5.78 Å². The maximum atomic E-state index is 11.9. The van der Waals surface area contributed by atoms with Crippen LogP contribution in [0.25, 0.3) is 0 Å². The predicted molar refractivity (Wildman–Crippen MR) is 91.8 cm³/mol. The summed E-state index contributed by atoms with van der Waals surface area (Å²) in [5.74, 6) is -0.294. The van der Waals surface area contributed by atoms with Gasteiger partial charge in [0.25, 0.3) is 0 Å². The molecule has 0 bridgehead atoms. The number of ether oxygens (including phenoxy) is 1. The predicted octanol–water partition coefficient (Wildman–Crippen LogP) is 1.46. The normalized spacial score (nSPS) is 16.5. The van der Waals surface area contributed by atoms with Crippen LogP contribution in [0, 0.1) is 0 Å². The van der Waals surface area contributed by atoms with Crippen molar-refractivity contribution in [1.82, 2.24) is 15.5 Å². The van der Waals surface area contributed by atoms with Gasteiger partial charge in [-0.25, -0.2) is 4.79 Å². The number of alkyl carbamates (subject to hydrolysis) is 1. The molecule has 1 atom stereocenters. The lowest BCUT2D eigenvalue weighted by atomic mass is 10.1. The van der Waals surface area contributed by atoms with Crippen molar-refractivity contribution in [1.29, 1.82) is 0 Å². The summed E-state index contributed by atoms with van der Waals surface area (Å²) >= 11 is 0. The highest BCUT2D eigenvalue weighted by atomic mass is 16.6. The third-order valence-corrected chi connectivity index (χ3v) is 3.79. The summed E-state index contributed by atoms with van der Waals surface area (Å²) in [6.45, 7) is 10.3. The maximum Gasteiger partial charge on any atom is 0.408 e. The summed E-state index contributed by atoms with van der Waals surface area (Å²) in [4.78, 5) is 37.6. The molecule has 7 heteroatoms. The van der Waals surface area contributed by atoms with Crippen LogP contribution in [0.1, 0.15) is 53.4 Å². The summed E-state index contributed by atoms with van der Waals surface area (Å²) in [7, 11) is 0. The van der Waals surface area contributed by atoms with Crippen LogP contribution in [0.3, 0.4) is 0 Å². The number of rotatable bonds is 8. The zero-order chi connectivity index (χ0) is 18.2. The van der Waals surface area contributed by atoms with Crippen LogP contribution in [-0.2, 0) is 14.3 Å². The smallest absolute Gasteiger partial charge is 0.408 e. The van der Waals surface area contributed by atoms with Gasteiger partial charge in [0.05, 0.1) is 6.04 Å². The van der Waals surface area contributed by atoms with Crippen LogP contribution in [0.4, 0.5) is 4.79 Å². The van der Waals surface area contributed by atoms with Gasteiger partial charge >= 0.3 is 6.09 Å². The molecule has 24 heavy (non-hydrogen) atoms. The topological polar surface area (TPSA) is 87.7 Å². The molecule has 0 aliphatic carbocycles. The molecule has 1 saturated heterocycles. The molecule has 1 rings (SSSR count). The highest BCUT2D eigenvalue weighted by molar-refractivity contribution is 5.86. The van der Waals surface area contributed by atoms with Crippen molar-refractivity contribution in [2.45, 2.75) is 65.0 Å². The molecule has 0 unspecified atom stereocenters. The fraction of sp³-hybridized carbons (Fsp3) is 0.824. The van der Waals surface area contributed by atoms with E-state index in [2.05, 4.69) is 15.5 Å². The molecule has 1 aliphatic heterocycles. The van der Waals surface area contributed by atoms with E-state index in [0.29, 0.717) is 6.54 Å². The minimum absolute atomic E-state index is 0.105. The van der Waals surface area contributed by atoms with E-state index in [9.17, 15) is 14.4 Å². The number of ketones is 1. The van der Waals surface area contributed by atoms with Gasteiger partial charge in [0.1, 0.15) is 5.60 Å². The first-order valence-electron chi connectivity index (χ1n) is 8.66. The van der Waals surface area contributed by atoms with Gasteiger partial charge in [-0.3, -0.25) is 9.59 Å². The zero-order valence-electron chi connectivity index (χ0n) is 15.3. The van der Waals surface area contributed by atoms with Crippen LogP contribution in [0.5, 0.6) is 0 Å². The molecule has 7 nitrogen and oxygen atoms in total. The van der Waals surface area contributed by atoms with Crippen LogP contribution in [0.2, 0.25) is 0 Å². The van der Waals surface area contributed by atoms with E-state index < -0.39 is 17.7 Å². The second-order valence-electron chi connectivity index (χ2n) is 7.25. The molecule has 2 amide bonds. The Balaban J connectivity index is 2.27. The summed E-state index contributed by atoms with van der Waals surface area (Å²) < 4.78 is 5.14. The SMILES string of the molecule is CC(=O)[C@H](CCC(=O)NCCN1CCCC1)NC(=O)OC(C)(C)C. The molecule has 0 saturated carbocycles. The van der Waals surface area contributed by atoms with Gasteiger partial charge in [-0.2, -0.15) is 0 Å². The number of amides is 2.